The molecule has 0 aromatic heterocycles. The number of carboxylic acids is 1. The molecule has 0 saturated heterocycles. The summed E-state index contributed by atoms with van der Waals surface area (Å²) in [6, 6.07) is 2.68. The number of carbonyl (C=O) groups is 1. The van der Waals surface area contributed by atoms with Gasteiger partial charge < -0.3 is 14.6 Å². The SMILES string of the molecule is COc1cc(Cl)cc(C(=O)O)c1OCCCS(C)(=O)=O. The van der Waals surface area contributed by atoms with Gasteiger partial charge >= 0.3 is 5.97 Å². The van der Waals surface area contributed by atoms with E-state index in [4.69, 9.17) is 26.2 Å². The van der Waals surface area contributed by atoms with Gasteiger partial charge in [-0.1, -0.05) is 11.6 Å². The van der Waals surface area contributed by atoms with E-state index in [2.05, 4.69) is 0 Å². The fraction of sp³-hybridized carbons (Fsp3) is 0.417. The first-order chi connectivity index (χ1) is 9.24. The Morgan fingerprint density at radius 1 is 1.40 bits per heavy atom. The Balaban J connectivity index is 2.90. The average molecular weight is 323 g/mol. The van der Waals surface area contributed by atoms with Crippen LogP contribution in [0.15, 0.2) is 12.1 Å². The Hall–Kier alpha value is -1.47. The van der Waals surface area contributed by atoms with Crippen molar-refractivity contribution in [2.75, 3.05) is 25.7 Å². The molecule has 0 amide bonds. The topological polar surface area (TPSA) is 89.9 Å². The largest absolute Gasteiger partial charge is 0.493 e. The third kappa shape index (κ3) is 4.90. The van der Waals surface area contributed by atoms with Gasteiger partial charge in [0.25, 0.3) is 0 Å². The molecule has 1 aromatic rings. The van der Waals surface area contributed by atoms with E-state index in [9.17, 15) is 13.2 Å². The van der Waals surface area contributed by atoms with Gasteiger partial charge in [0.15, 0.2) is 11.5 Å². The maximum Gasteiger partial charge on any atom is 0.339 e. The predicted octanol–water partition coefficient (Wildman–Crippen LogP) is 1.86. The quantitative estimate of drug-likeness (QED) is 0.771. The van der Waals surface area contributed by atoms with Crippen LogP contribution in [0.1, 0.15) is 16.8 Å². The van der Waals surface area contributed by atoms with E-state index in [0.717, 1.165) is 6.26 Å². The summed E-state index contributed by atoms with van der Waals surface area (Å²) in [5, 5.41) is 9.32. The lowest BCUT2D eigenvalue weighted by Crippen LogP contribution is -2.10. The normalized spacial score (nSPS) is 11.2. The second-order valence-corrected chi connectivity index (χ2v) is 6.82. The van der Waals surface area contributed by atoms with Crippen LogP contribution in [-0.4, -0.2) is 45.2 Å². The van der Waals surface area contributed by atoms with Crippen molar-refractivity contribution in [1.29, 1.82) is 0 Å². The molecule has 20 heavy (non-hydrogen) atoms. The summed E-state index contributed by atoms with van der Waals surface area (Å²) < 4.78 is 32.4. The van der Waals surface area contributed by atoms with Gasteiger partial charge in [-0.15, -0.1) is 0 Å². The van der Waals surface area contributed by atoms with Crippen LogP contribution in [0.5, 0.6) is 11.5 Å². The number of benzene rings is 1. The van der Waals surface area contributed by atoms with Gasteiger partial charge in [-0.05, 0) is 12.5 Å². The van der Waals surface area contributed by atoms with Crippen molar-refractivity contribution in [3.8, 4) is 11.5 Å². The molecule has 0 fully saturated rings. The molecule has 1 aromatic carbocycles. The molecule has 0 spiro atoms. The third-order valence-corrected chi connectivity index (χ3v) is 3.62. The minimum absolute atomic E-state index is 0.0364. The molecule has 0 radical (unpaired) electrons. The molecule has 0 aliphatic carbocycles. The Morgan fingerprint density at radius 3 is 2.55 bits per heavy atom. The second kappa shape index (κ2) is 6.81. The van der Waals surface area contributed by atoms with Crippen molar-refractivity contribution in [3.05, 3.63) is 22.7 Å². The van der Waals surface area contributed by atoms with E-state index in [0.29, 0.717) is 0 Å². The molecular formula is C12H15ClO6S. The van der Waals surface area contributed by atoms with Gasteiger partial charge in [-0.3, -0.25) is 0 Å². The second-order valence-electron chi connectivity index (χ2n) is 4.12. The van der Waals surface area contributed by atoms with Crippen molar-refractivity contribution >= 4 is 27.4 Å². The number of carboxylic acid groups (broad SMARTS) is 1. The van der Waals surface area contributed by atoms with Gasteiger partial charge in [0, 0.05) is 17.3 Å². The number of hydrogen-bond donors (Lipinski definition) is 1. The molecule has 0 aliphatic heterocycles. The minimum Gasteiger partial charge on any atom is -0.493 e. The van der Waals surface area contributed by atoms with Crippen LogP contribution in [0.2, 0.25) is 5.02 Å². The van der Waals surface area contributed by atoms with Crippen molar-refractivity contribution in [1.82, 2.24) is 0 Å². The van der Waals surface area contributed by atoms with Crippen molar-refractivity contribution < 1.29 is 27.8 Å². The maximum absolute atomic E-state index is 11.1. The van der Waals surface area contributed by atoms with E-state index in [1.54, 1.807) is 0 Å². The molecule has 0 heterocycles. The van der Waals surface area contributed by atoms with Crippen LogP contribution >= 0.6 is 11.6 Å². The summed E-state index contributed by atoms with van der Waals surface area (Å²) in [5.41, 5.74) is -0.131. The first kappa shape index (κ1) is 16.6. The standard InChI is InChI=1S/C12H15ClO6S/c1-18-10-7-8(13)6-9(12(14)15)11(10)19-4-3-5-20(2,16)17/h6-7H,3-5H2,1-2H3,(H,14,15). The highest BCUT2D eigenvalue weighted by Crippen LogP contribution is 2.34. The van der Waals surface area contributed by atoms with Gasteiger partial charge in [0.2, 0.25) is 0 Å². The van der Waals surface area contributed by atoms with Gasteiger partial charge in [0.1, 0.15) is 15.4 Å². The Bertz CT molecular complexity index is 596. The smallest absolute Gasteiger partial charge is 0.339 e. The number of rotatable bonds is 7. The highest BCUT2D eigenvalue weighted by molar-refractivity contribution is 7.90. The van der Waals surface area contributed by atoms with E-state index < -0.39 is 15.8 Å². The van der Waals surface area contributed by atoms with Crippen LogP contribution in [-0.2, 0) is 9.84 Å². The van der Waals surface area contributed by atoms with Gasteiger partial charge in [0.05, 0.1) is 19.5 Å². The highest BCUT2D eigenvalue weighted by atomic mass is 35.5. The van der Waals surface area contributed by atoms with Gasteiger partial charge in [-0.2, -0.15) is 0 Å². The molecule has 0 aliphatic rings. The van der Waals surface area contributed by atoms with E-state index in [-0.39, 0.29) is 40.9 Å². The summed E-state index contributed by atoms with van der Waals surface area (Å²) in [4.78, 5) is 11.1. The summed E-state index contributed by atoms with van der Waals surface area (Å²) >= 11 is 5.79. The maximum atomic E-state index is 11.1. The molecule has 1 rings (SSSR count). The molecule has 1 N–H and O–H groups in total. The Kier molecular flexibility index (Phi) is 5.64. The zero-order valence-corrected chi connectivity index (χ0v) is 12.6. The minimum atomic E-state index is -3.08. The molecule has 8 heteroatoms. The summed E-state index contributed by atoms with van der Waals surface area (Å²) in [6.45, 7) is 0.0609. The lowest BCUT2D eigenvalue weighted by Gasteiger charge is -2.13. The number of hydrogen-bond acceptors (Lipinski definition) is 5. The highest BCUT2D eigenvalue weighted by Gasteiger charge is 2.18. The predicted molar refractivity (Wildman–Crippen MR) is 74.8 cm³/mol. The van der Waals surface area contributed by atoms with Crippen LogP contribution in [0.4, 0.5) is 0 Å². The number of ether oxygens (including phenoxy) is 2. The van der Waals surface area contributed by atoms with Crippen LogP contribution in [0, 0.1) is 0 Å². The molecule has 0 saturated carbocycles. The van der Waals surface area contributed by atoms with Crippen LogP contribution in [0.3, 0.4) is 0 Å². The summed E-state index contributed by atoms with van der Waals surface area (Å²) in [6.07, 6.45) is 1.38. The number of sulfone groups is 1. The van der Waals surface area contributed by atoms with Crippen LogP contribution in [0.25, 0.3) is 0 Å². The van der Waals surface area contributed by atoms with E-state index >= 15 is 0 Å². The summed E-state index contributed by atoms with van der Waals surface area (Å²) in [5.74, 6) is -1.01. The third-order valence-electron chi connectivity index (χ3n) is 2.38. The number of halogens is 1. The Morgan fingerprint density at radius 2 is 2.05 bits per heavy atom. The zero-order chi connectivity index (χ0) is 15.3. The number of methoxy groups -OCH3 is 1. The molecule has 0 atom stereocenters. The van der Waals surface area contributed by atoms with E-state index in [1.807, 2.05) is 0 Å². The van der Waals surface area contributed by atoms with Crippen LogP contribution < -0.4 is 9.47 Å². The summed E-state index contributed by atoms with van der Waals surface area (Å²) in [7, 11) is -1.71. The van der Waals surface area contributed by atoms with Crippen molar-refractivity contribution in [3.63, 3.8) is 0 Å². The molecule has 0 bridgehead atoms. The lowest BCUT2D eigenvalue weighted by molar-refractivity contribution is 0.0691. The van der Waals surface area contributed by atoms with Crippen molar-refractivity contribution in [2.45, 2.75) is 6.42 Å². The van der Waals surface area contributed by atoms with E-state index in [1.165, 1.54) is 19.2 Å². The molecule has 6 nitrogen and oxygen atoms in total. The fourth-order valence-electron chi connectivity index (χ4n) is 1.52. The Labute approximate surface area is 122 Å². The number of aromatic carboxylic acids is 1. The van der Waals surface area contributed by atoms with Crippen molar-refractivity contribution in [2.24, 2.45) is 0 Å². The molecule has 0 unspecified atom stereocenters. The molecular weight excluding hydrogens is 308 g/mol. The lowest BCUT2D eigenvalue weighted by atomic mass is 10.2. The monoisotopic (exact) mass is 322 g/mol. The first-order valence-electron chi connectivity index (χ1n) is 5.66. The fourth-order valence-corrected chi connectivity index (χ4v) is 2.37. The average Bonchev–Trinajstić information content (AvgIpc) is 2.33. The van der Waals surface area contributed by atoms with Gasteiger partial charge in [-0.25, -0.2) is 13.2 Å². The first-order valence-corrected chi connectivity index (χ1v) is 8.10. The molecule has 112 valence electrons. The zero-order valence-electron chi connectivity index (χ0n) is 11.1.